The van der Waals surface area contributed by atoms with Gasteiger partial charge in [-0.15, -0.1) is 0 Å². The first-order chi connectivity index (χ1) is 7.74. The van der Waals surface area contributed by atoms with E-state index in [1.807, 2.05) is 0 Å². The molecule has 2 N–H and O–H groups in total. The van der Waals surface area contributed by atoms with Gasteiger partial charge < -0.3 is 10.5 Å². The largest absolute Gasteiger partial charge is 0.375 e. The normalized spacial score (nSPS) is 30.8. The van der Waals surface area contributed by atoms with E-state index >= 15 is 0 Å². The molecule has 1 aliphatic heterocycles. The monoisotopic (exact) mass is 243 g/mol. The Labute approximate surface area is 104 Å². The maximum atomic E-state index is 6.06. The average molecular weight is 243 g/mol. The minimum absolute atomic E-state index is 0.276. The van der Waals surface area contributed by atoms with Crippen molar-refractivity contribution in [2.24, 2.45) is 5.73 Å². The predicted octanol–water partition coefficient (Wildman–Crippen LogP) is 2.95. The van der Waals surface area contributed by atoms with Crippen LogP contribution < -0.4 is 5.73 Å². The fourth-order valence-corrected chi connectivity index (χ4v) is 4.66. The molecule has 2 nitrogen and oxygen atoms in total. The van der Waals surface area contributed by atoms with E-state index in [4.69, 9.17) is 10.5 Å². The van der Waals surface area contributed by atoms with Gasteiger partial charge in [0.05, 0.1) is 5.60 Å². The van der Waals surface area contributed by atoms with Crippen LogP contribution in [0.15, 0.2) is 0 Å². The van der Waals surface area contributed by atoms with Gasteiger partial charge in [-0.3, -0.25) is 0 Å². The highest BCUT2D eigenvalue weighted by Gasteiger charge is 2.40. The van der Waals surface area contributed by atoms with E-state index in [9.17, 15) is 0 Å². The molecule has 0 aromatic carbocycles. The molecule has 2 atom stereocenters. The SMILES string of the molecule is CC(CCN)SC1CCOC2(CCCC2)C1. The topological polar surface area (TPSA) is 35.2 Å². The number of nitrogens with two attached hydrogens (primary N) is 1. The van der Waals surface area contributed by atoms with Crippen LogP contribution in [0.1, 0.15) is 51.9 Å². The van der Waals surface area contributed by atoms with Crippen LogP contribution in [0.25, 0.3) is 0 Å². The average Bonchev–Trinajstić information content (AvgIpc) is 2.66. The lowest BCUT2D eigenvalue weighted by molar-refractivity contribution is -0.0704. The van der Waals surface area contributed by atoms with Crippen molar-refractivity contribution in [1.29, 1.82) is 0 Å². The van der Waals surface area contributed by atoms with E-state index < -0.39 is 0 Å². The summed E-state index contributed by atoms with van der Waals surface area (Å²) < 4.78 is 6.06. The van der Waals surface area contributed by atoms with Gasteiger partial charge in [-0.05, 0) is 38.6 Å². The van der Waals surface area contributed by atoms with Gasteiger partial charge in [0.2, 0.25) is 0 Å². The molecule has 2 aliphatic rings. The zero-order valence-corrected chi connectivity index (χ0v) is 11.2. The molecule has 0 bridgehead atoms. The number of ether oxygens (including phenoxy) is 1. The quantitative estimate of drug-likeness (QED) is 0.824. The number of hydrogen-bond donors (Lipinski definition) is 1. The second-order valence-electron chi connectivity index (χ2n) is 5.38. The lowest BCUT2D eigenvalue weighted by Gasteiger charge is -2.38. The molecule has 16 heavy (non-hydrogen) atoms. The third kappa shape index (κ3) is 3.14. The Kier molecular flexibility index (Phi) is 4.57. The van der Waals surface area contributed by atoms with Crippen molar-refractivity contribution in [3.05, 3.63) is 0 Å². The Bertz CT molecular complexity index is 216. The molecule has 1 heterocycles. The molecule has 0 radical (unpaired) electrons. The molecular formula is C13H25NOS. The number of rotatable bonds is 4. The fourth-order valence-electron chi connectivity index (χ4n) is 3.10. The standard InChI is InChI=1S/C13H25NOS/c1-11(4-8-14)16-12-5-9-15-13(10-12)6-2-3-7-13/h11-12H,2-10,14H2,1H3. The summed E-state index contributed by atoms with van der Waals surface area (Å²) in [5.74, 6) is 0. The van der Waals surface area contributed by atoms with E-state index in [1.165, 1.54) is 38.5 Å². The molecule has 0 aromatic heterocycles. The first kappa shape index (κ1) is 12.7. The summed E-state index contributed by atoms with van der Waals surface area (Å²) in [4.78, 5) is 0. The zero-order chi connectivity index (χ0) is 11.4. The molecule has 2 fully saturated rings. The molecular weight excluding hydrogens is 218 g/mol. The van der Waals surface area contributed by atoms with Crippen molar-refractivity contribution in [2.75, 3.05) is 13.2 Å². The van der Waals surface area contributed by atoms with Crippen LogP contribution in [-0.2, 0) is 4.74 Å². The summed E-state index contributed by atoms with van der Waals surface area (Å²) in [6.45, 7) is 4.11. The van der Waals surface area contributed by atoms with E-state index in [1.54, 1.807) is 0 Å². The Morgan fingerprint density at radius 1 is 1.44 bits per heavy atom. The van der Waals surface area contributed by atoms with Crippen molar-refractivity contribution < 1.29 is 4.74 Å². The summed E-state index contributed by atoms with van der Waals surface area (Å²) in [7, 11) is 0. The lowest BCUT2D eigenvalue weighted by Crippen LogP contribution is -2.39. The maximum absolute atomic E-state index is 6.06. The van der Waals surface area contributed by atoms with E-state index in [-0.39, 0.29) is 5.60 Å². The second kappa shape index (κ2) is 5.74. The Hall–Kier alpha value is 0.270. The van der Waals surface area contributed by atoms with Gasteiger partial charge in [-0.1, -0.05) is 19.8 Å². The molecule has 94 valence electrons. The highest BCUT2D eigenvalue weighted by Crippen LogP contribution is 2.43. The van der Waals surface area contributed by atoms with Crippen molar-refractivity contribution >= 4 is 11.8 Å². The van der Waals surface area contributed by atoms with Crippen molar-refractivity contribution in [2.45, 2.75) is 68.0 Å². The molecule has 1 aliphatic carbocycles. The van der Waals surface area contributed by atoms with Crippen LogP contribution in [0.2, 0.25) is 0 Å². The third-order valence-corrected chi connectivity index (χ3v) is 5.45. The summed E-state index contributed by atoms with van der Waals surface area (Å²) in [5.41, 5.74) is 5.89. The van der Waals surface area contributed by atoms with Crippen LogP contribution in [0.4, 0.5) is 0 Å². The van der Waals surface area contributed by atoms with E-state index in [2.05, 4.69) is 18.7 Å². The summed E-state index contributed by atoms with van der Waals surface area (Å²) in [6, 6.07) is 0. The Morgan fingerprint density at radius 3 is 2.88 bits per heavy atom. The van der Waals surface area contributed by atoms with Gasteiger partial charge in [0, 0.05) is 17.1 Å². The Morgan fingerprint density at radius 2 is 2.19 bits per heavy atom. The van der Waals surface area contributed by atoms with Crippen molar-refractivity contribution in [3.8, 4) is 0 Å². The first-order valence-electron chi connectivity index (χ1n) is 6.74. The smallest absolute Gasteiger partial charge is 0.0693 e. The minimum Gasteiger partial charge on any atom is -0.375 e. The van der Waals surface area contributed by atoms with Crippen LogP contribution in [0.3, 0.4) is 0 Å². The summed E-state index contributed by atoms with van der Waals surface area (Å²) >= 11 is 2.15. The molecule has 0 aromatic rings. The summed E-state index contributed by atoms with van der Waals surface area (Å²) in [5, 5.41) is 1.53. The van der Waals surface area contributed by atoms with E-state index in [0.717, 1.165) is 24.8 Å². The van der Waals surface area contributed by atoms with Gasteiger partial charge in [0.15, 0.2) is 0 Å². The van der Waals surface area contributed by atoms with Gasteiger partial charge in [0.1, 0.15) is 0 Å². The molecule has 0 amide bonds. The predicted molar refractivity (Wildman–Crippen MR) is 70.9 cm³/mol. The van der Waals surface area contributed by atoms with Gasteiger partial charge >= 0.3 is 0 Å². The van der Waals surface area contributed by atoms with Gasteiger partial charge in [-0.2, -0.15) is 11.8 Å². The number of thioether (sulfide) groups is 1. The van der Waals surface area contributed by atoms with E-state index in [0.29, 0.717) is 5.25 Å². The fraction of sp³-hybridized carbons (Fsp3) is 1.00. The highest BCUT2D eigenvalue weighted by molar-refractivity contribution is 8.00. The molecule has 3 heteroatoms. The maximum Gasteiger partial charge on any atom is 0.0693 e. The first-order valence-corrected chi connectivity index (χ1v) is 7.68. The molecule has 1 spiro atoms. The van der Waals surface area contributed by atoms with Crippen molar-refractivity contribution in [3.63, 3.8) is 0 Å². The molecule has 1 saturated heterocycles. The van der Waals surface area contributed by atoms with Crippen LogP contribution in [0, 0.1) is 0 Å². The van der Waals surface area contributed by atoms with Crippen LogP contribution >= 0.6 is 11.8 Å². The lowest BCUT2D eigenvalue weighted by atomic mass is 9.92. The Balaban J connectivity index is 1.82. The summed E-state index contributed by atoms with van der Waals surface area (Å²) in [6.07, 6.45) is 9.01. The van der Waals surface area contributed by atoms with Crippen LogP contribution in [-0.4, -0.2) is 29.3 Å². The third-order valence-electron chi connectivity index (χ3n) is 3.96. The highest BCUT2D eigenvalue weighted by atomic mass is 32.2. The second-order valence-corrected chi connectivity index (χ2v) is 7.12. The molecule has 2 rings (SSSR count). The number of hydrogen-bond acceptors (Lipinski definition) is 3. The molecule has 2 unspecified atom stereocenters. The van der Waals surface area contributed by atoms with Gasteiger partial charge in [0.25, 0.3) is 0 Å². The molecule has 1 saturated carbocycles. The van der Waals surface area contributed by atoms with Gasteiger partial charge in [-0.25, -0.2) is 0 Å². The zero-order valence-electron chi connectivity index (χ0n) is 10.4. The van der Waals surface area contributed by atoms with Crippen LogP contribution in [0.5, 0.6) is 0 Å². The van der Waals surface area contributed by atoms with Crippen molar-refractivity contribution in [1.82, 2.24) is 0 Å². The minimum atomic E-state index is 0.276.